The Kier molecular flexibility index (Phi) is 4.54. The van der Waals surface area contributed by atoms with Gasteiger partial charge >= 0.3 is 0 Å². The first kappa shape index (κ1) is 14.7. The standard InChI is InChI=1S/C14H18F2N2O2/c15-10-6-11(13(16)12(17)7-10)14(20)18-4-1-2-9(8-18)3-5-19/h6-7,9,19H,1-5,8,17H2. The molecule has 3 N–H and O–H groups in total. The number of rotatable bonds is 3. The highest BCUT2D eigenvalue weighted by Crippen LogP contribution is 2.24. The number of nitrogens with zero attached hydrogens (tertiary/aromatic N) is 1. The fraction of sp³-hybridized carbons (Fsp3) is 0.500. The summed E-state index contributed by atoms with van der Waals surface area (Å²) in [7, 11) is 0. The Morgan fingerprint density at radius 3 is 2.90 bits per heavy atom. The van der Waals surface area contributed by atoms with Crippen LogP contribution < -0.4 is 5.73 Å². The lowest BCUT2D eigenvalue weighted by Crippen LogP contribution is -2.40. The fourth-order valence-corrected chi connectivity index (χ4v) is 2.60. The van der Waals surface area contributed by atoms with Crippen molar-refractivity contribution in [2.24, 2.45) is 5.92 Å². The van der Waals surface area contributed by atoms with E-state index in [-0.39, 0.29) is 23.8 Å². The zero-order chi connectivity index (χ0) is 14.7. The van der Waals surface area contributed by atoms with Crippen molar-refractivity contribution in [3.63, 3.8) is 0 Å². The van der Waals surface area contributed by atoms with Crippen molar-refractivity contribution in [3.05, 3.63) is 29.3 Å². The number of amides is 1. The molecule has 1 atom stereocenters. The maximum atomic E-state index is 13.9. The van der Waals surface area contributed by atoms with Gasteiger partial charge in [0.25, 0.3) is 5.91 Å². The van der Waals surface area contributed by atoms with Gasteiger partial charge in [-0.15, -0.1) is 0 Å². The number of piperidine rings is 1. The maximum Gasteiger partial charge on any atom is 0.257 e. The van der Waals surface area contributed by atoms with E-state index >= 15 is 0 Å². The number of anilines is 1. The molecule has 0 aromatic heterocycles. The Morgan fingerprint density at radius 2 is 2.20 bits per heavy atom. The van der Waals surface area contributed by atoms with Gasteiger partial charge in [-0.05, 0) is 37.3 Å². The smallest absolute Gasteiger partial charge is 0.257 e. The van der Waals surface area contributed by atoms with Crippen LogP contribution in [-0.4, -0.2) is 35.6 Å². The van der Waals surface area contributed by atoms with E-state index in [1.165, 1.54) is 4.90 Å². The van der Waals surface area contributed by atoms with Gasteiger partial charge in [-0.2, -0.15) is 0 Å². The van der Waals surface area contributed by atoms with E-state index in [2.05, 4.69) is 0 Å². The molecule has 1 aromatic rings. The highest BCUT2D eigenvalue weighted by molar-refractivity contribution is 5.95. The molecule has 6 heteroatoms. The van der Waals surface area contributed by atoms with Gasteiger partial charge in [0.1, 0.15) is 5.82 Å². The van der Waals surface area contributed by atoms with Crippen molar-refractivity contribution in [3.8, 4) is 0 Å². The summed E-state index contributed by atoms with van der Waals surface area (Å²) in [5.74, 6) is -1.94. The van der Waals surface area contributed by atoms with Crippen molar-refractivity contribution >= 4 is 11.6 Å². The highest BCUT2D eigenvalue weighted by atomic mass is 19.1. The molecule has 1 aliphatic rings. The van der Waals surface area contributed by atoms with Gasteiger partial charge in [0.15, 0.2) is 5.82 Å². The number of nitrogens with two attached hydrogens (primary N) is 1. The molecule has 0 bridgehead atoms. The average Bonchev–Trinajstić information content (AvgIpc) is 2.43. The summed E-state index contributed by atoms with van der Waals surface area (Å²) < 4.78 is 27.1. The Balaban J connectivity index is 2.19. The summed E-state index contributed by atoms with van der Waals surface area (Å²) >= 11 is 0. The van der Waals surface area contributed by atoms with Crippen LogP contribution in [-0.2, 0) is 0 Å². The number of aliphatic hydroxyl groups is 1. The average molecular weight is 284 g/mol. The minimum Gasteiger partial charge on any atom is -0.396 e. The second-order valence-corrected chi connectivity index (χ2v) is 5.13. The third-order valence-corrected chi connectivity index (χ3v) is 3.64. The highest BCUT2D eigenvalue weighted by Gasteiger charge is 2.26. The summed E-state index contributed by atoms with van der Waals surface area (Å²) in [5.41, 5.74) is 4.65. The molecule has 1 saturated heterocycles. The van der Waals surface area contributed by atoms with E-state index in [4.69, 9.17) is 10.8 Å². The van der Waals surface area contributed by atoms with Crippen LogP contribution >= 0.6 is 0 Å². The van der Waals surface area contributed by atoms with Crippen molar-refractivity contribution in [2.45, 2.75) is 19.3 Å². The Morgan fingerprint density at radius 1 is 1.45 bits per heavy atom. The van der Waals surface area contributed by atoms with Crippen LogP contribution in [0.15, 0.2) is 12.1 Å². The van der Waals surface area contributed by atoms with Crippen LogP contribution in [0, 0.1) is 17.6 Å². The predicted octanol–water partition coefficient (Wildman–Crippen LogP) is 1.78. The number of hydrogen-bond donors (Lipinski definition) is 2. The molecule has 0 spiro atoms. The first-order chi connectivity index (χ1) is 9.52. The van der Waals surface area contributed by atoms with Gasteiger partial charge in [-0.25, -0.2) is 8.78 Å². The molecule has 20 heavy (non-hydrogen) atoms. The normalized spacial score (nSPS) is 19.1. The van der Waals surface area contributed by atoms with Crippen LogP contribution in [0.2, 0.25) is 0 Å². The first-order valence-corrected chi connectivity index (χ1v) is 6.67. The molecule has 0 aliphatic carbocycles. The second kappa shape index (κ2) is 6.17. The molecule has 0 saturated carbocycles. The van der Waals surface area contributed by atoms with Gasteiger partial charge in [-0.1, -0.05) is 0 Å². The third kappa shape index (κ3) is 3.07. The molecular formula is C14H18F2N2O2. The molecule has 1 fully saturated rings. The minimum absolute atomic E-state index is 0.0635. The van der Waals surface area contributed by atoms with Crippen LogP contribution in [0.1, 0.15) is 29.6 Å². The van der Waals surface area contributed by atoms with Gasteiger partial charge in [0.05, 0.1) is 11.3 Å². The zero-order valence-electron chi connectivity index (χ0n) is 11.1. The molecule has 1 aromatic carbocycles. The molecule has 1 amide bonds. The van der Waals surface area contributed by atoms with E-state index in [0.29, 0.717) is 19.5 Å². The van der Waals surface area contributed by atoms with E-state index in [9.17, 15) is 13.6 Å². The number of carbonyl (C=O) groups excluding carboxylic acids is 1. The zero-order valence-corrected chi connectivity index (χ0v) is 11.1. The lowest BCUT2D eigenvalue weighted by molar-refractivity contribution is 0.0648. The molecule has 110 valence electrons. The van der Waals surface area contributed by atoms with E-state index in [1.54, 1.807) is 0 Å². The van der Waals surface area contributed by atoms with Gasteiger partial charge in [0, 0.05) is 19.7 Å². The number of aliphatic hydroxyl groups excluding tert-OH is 1. The predicted molar refractivity (Wildman–Crippen MR) is 71.1 cm³/mol. The van der Waals surface area contributed by atoms with E-state index < -0.39 is 17.5 Å². The van der Waals surface area contributed by atoms with Crippen molar-refractivity contribution < 1.29 is 18.7 Å². The van der Waals surface area contributed by atoms with Gasteiger partial charge < -0.3 is 15.7 Å². The summed E-state index contributed by atoms with van der Waals surface area (Å²) in [6.07, 6.45) is 2.33. The monoisotopic (exact) mass is 284 g/mol. The Labute approximate surface area is 116 Å². The van der Waals surface area contributed by atoms with Crippen LogP contribution in [0.3, 0.4) is 0 Å². The van der Waals surface area contributed by atoms with E-state index in [1.807, 2.05) is 0 Å². The number of nitrogen functional groups attached to an aromatic ring is 1. The quantitative estimate of drug-likeness (QED) is 0.831. The molecule has 4 nitrogen and oxygen atoms in total. The molecular weight excluding hydrogens is 266 g/mol. The van der Waals surface area contributed by atoms with Crippen LogP contribution in [0.25, 0.3) is 0 Å². The SMILES string of the molecule is Nc1cc(F)cc(C(=O)N2CCCC(CCO)C2)c1F. The second-order valence-electron chi connectivity index (χ2n) is 5.13. The lowest BCUT2D eigenvalue weighted by Gasteiger charge is -2.32. The summed E-state index contributed by atoms with van der Waals surface area (Å²) in [5, 5.41) is 8.95. The molecule has 1 aliphatic heterocycles. The molecule has 1 unspecified atom stereocenters. The molecule has 1 heterocycles. The van der Waals surface area contributed by atoms with Crippen LogP contribution in [0.4, 0.5) is 14.5 Å². The number of halogens is 2. The third-order valence-electron chi connectivity index (χ3n) is 3.64. The first-order valence-electron chi connectivity index (χ1n) is 6.67. The van der Waals surface area contributed by atoms with Crippen molar-refractivity contribution in [2.75, 3.05) is 25.4 Å². The number of carbonyl (C=O) groups is 1. The maximum absolute atomic E-state index is 13.9. The van der Waals surface area contributed by atoms with E-state index in [0.717, 1.165) is 25.0 Å². The minimum atomic E-state index is -0.874. The van der Waals surface area contributed by atoms with Gasteiger partial charge in [0.2, 0.25) is 0 Å². The summed E-state index contributed by atoms with van der Waals surface area (Å²) in [6, 6.07) is 1.74. The Bertz CT molecular complexity index is 506. The van der Waals surface area contributed by atoms with Crippen molar-refractivity contribution in [1.29, 1.82) is 0 Å². The topological polar surface area (TPSA) is 66.6 Å². The number of likely N-dealkylation sites (tertiary alicyclic amines) is 1. The lowest BCUT2D eigenvalue weighted by atomic mass is 9.94. The number of hydrogen-bond acceptors (Lipinski definition) is 3. The molecule has 2 rings (SSSR count). The van der Waals surface area contributed by atoms with Gasteiger partial charge in [-0.3, -0.25) is 4.79 Å². The largest absolute Gasteiger partial charge is 0.396 e. The van der Waals surface area contributed by atoms with Crippen LogP contribution in [0.5, 0.6) is 0 Å². The Hall–Kier alpha value is -1.69. The summed E-state index contributed by atoms with van der Waals surface area (Å²) in [6.45, 7) is 1.03. The fourth-order valence-electron chi connectivity index (χ4n) is 2.60. The molecule has 0 radical (unpaired) electrons. The summed E-state index contributed by atoms with van der Waals surface area (Å²) in [4.78, 5) is 13.8. The van der Waals surface area contributed by atoms with Crippen molar-refractivity contribution in [1.82, 2.24) is 4.90 Å². The number of benzene rings is 1.